The van der Waals surface area contributed by atoms with Gasteiger partial charge in [-0.15, -0.1) is 0 Å². The second kappa shape index (κ2) is 10.0. The van der Waals surface area contributed by atoms with Crippen LogP contribution in [-0.2, 0) is 30.9 Å². The summed E-state index contributed by atoms with van der Waals surface area (Å²) in [5, 5.41) is 0. The molecule has 182 valence electrons. The van der Waals surface area contributed by atoms with E-state index in [0.29, 0.717) is 13.2 Å². The van der Waals surface area contributed by atoms with Gasteiger partial charge in [0.25, 0.3) is 0 Å². The monoisotopic (exact) mass is 603 g/mol. The molecule has 0 unspecified atom stereocenters. The molecule has 0 radical (unpaired) electrons. The first-order valence-corrected chi connectivity index (χ1v) is 13.9. The minimum atomic E-state index is 0.578. The number of rotatable bonds is 4. The van der Waals surface area contributed by atoms with Crippen molar-refractivity contribution in [2.75, 3.05) is 18.6 Å². The lowest BCUT2D eigenvalue weighted by Crippen LogP contribution is -2.16. The molecule has 2 heterocycles. The summed E-state index contributed by atoms with van der Waals surface area (Å²) in [6.07, 6.45) is 1.87. The summed E-state index contributed by atoms with van der Waals surface area (Å²) in [4.78, 5) is 2.47. The summed E-state index contributed by atoms with van der Waals surface area (Å²) < 4.78 is 14.4. The Labute approximate surface area is 229 Å². The molecule has 3 nitrogen and oxygen atoms in total. The van der Waals surface area contributed by atoms with Crippen LogP contribution in [0.3, 0.4) is 0 Å². The SMILES string of the molecule is COCc1c2c(-c3ccc(Br)cc3)c3c(c1-c1ccc(Br)cc1)CN(C3)c1ccccc1OCCC2. The highest BCUT2D eigenvalue weighted by Gasteiger charge is 2.32. The van der Waals surface area contributed by atoms with Gasteiger partial charge in [-0.2, -0.15) is 0 Å². The summed E-state index contributed by atoms with van der Waals surface area (Å²) in [5.74, 6) is 0.971. The number of para-hydroxylation sites is 2. The number of benzene rings is 4. The van der Waals surface area contributed by atoms with Crippen molar-refractivity contribution in [1.82, 2.24) is 0 Å². The molecule has 0 saturated carbocycles. The van der Waals surface area contributed by atoms with Gasteiger partial charge in [0, 0.05) is 29.1 Å². The van der Waals surface area contributed by atoms with Crippen LogP contribution in [-0.4, -0.2) is 13.7 Å². The minimum Gasteiger partial charge on any atom is -0.491 e. The molecule has 0 atom stereocenters. The van der Waals surface area contributed by atoms with E-state index in [1.165, 1.54) is 44.5 Å². The number of ether oxygens (including phenoxy) is 2. The van der Waals surface area contributed by atoms with Gasteiger partial charge >= 0.3 is 0 Å². The molecule has 5 heteroatoms. The zero-order chi connectivity index (χ0) is 24.6. The Bertz CT molecular complexity index is 1410. The Balaban J connectivity index is 1.67. The van der Waals surface area contributed by atoms with Gasteiger partial charge in [-0.1, -0.05) is 68.3 Å². The summed E-state index contributed by atoms with van der Waals surface area (Å²) >= 11 is 7.25. The summed E-state index contributed by atoms with van der Waals surface area (Å²) in [5.41, 5.74) is 11.9. The molecule has 2 aliphatic rings. The fourth-order valence-electron chi connectivity index (χ4n) is 5.71. The van der Waals surface area contributed by atoms with Crippen molar-refractivity contribution in [2.24, 2.45) is 0 Å². The average molecular weight is 605 g/mol. The molecular formula is C31H27Br2NO2. The summed E-state index contributed by atoms with van der Waals surface area (Å²) in [6.45, 7) is 2.95. The smallest absolute Gasteiger partial charge is 0.142 e. The largest absolute Gasteiger partial charge is 0.491 e. The molecule has 2 aliphatic heterocycles. The number of halogens is 2. The van der Waals surface area contributed by atoms with Gasteiger partial charge in [0.2, 0.25) is 0 Å². The third kappa shape index (κ3) is 4.27. The molecule has 0 N–H and O–H groups in total. The maximum Gasteiger partial charge on any atom is 0.142 e. The lowest BCUT2D eigenvalue weighted by molar-refractivity contribution is 0.184. The van der Waals surface area contributed by atoms with Crippen molar-refractivity contribution in [1.29, 1.82) is 0 Å². The first-order valence-electron chi connectivity index (χ1n) is 12.3. The number of hydrogen-bond donors (Lipinski definition) is 0. The van der Waals surface area contributed by atoms with Crippen molar-refractivity contribution >= 4 is 37.5 Å². The lowest BCUT2D eigenvalue weighted by Gasteiger charge is -2.24. The van der Waals surface area contributed by atoms with Crippen LogP contribution in [0, 0.1) is 0 Å². The van der Waals surface area contributed by atoms with E-state index in [9.17, 15) is 0 Å². The molecule has 0 amide bonds. The summed E-state index contributed by atoms with van der Waals surface area (Å²) in [7, 11) is 1.80. The van der Waals surface area contributed by atoms with Gasteiger partial charge in [0.05, 0.1) is 18.9 Å². The predicted octanol–water partition coefficient (Wildman–Crippen LogP) is 8.54. The van der Waals surface area contributed by atoms with Gasteiger partial charge in [0.1, 0.15) is 5.75 Å². The maximum atomic E-state index is 6.31. The van der Waals surface area contributed by atoms with Gasteiger partial charge < -0.3 is 14.4 Å². The van der Waals surface area contributed by atoms with Crippen LogP contribution in [0.15, 0.2) is 81.7 Å². The fraction of sp³-hybridized carbons (Fsp3) is 0.226. The number of hydrogen-bond acceptors (Lipinski definition) is 3. The fourth-order valence-corrected chi connectivity index (χ4v) is 6.23. The molecule has 0 aliphatic carbocycles. The second-order valence-corrected chi connectivity index (χ2v) is 11.2. The highest BCUT2D eigenvalue weighted by atomic mass is 79.9. The Hall–Kier alpha value is -2.60. The number of fused-ring (bicyclic) bond motifs is 4. The molecule has 3 bridgehead atoms. The van der Waals surface area contributed by atoms with E-state index in [4.69, 9.17) is 9.47 Å². The molecule has 0 spiro atoms. The van der Waals surface area contributed by atoms with Crippen LogP contribution in [0.2, 0.25) is 0 Å². The van der Waals surface area contributed by atoms with Gasteiger partial charge in [0.15, 0.2) is 0 Å². The van der Waals surface area contributed by atoms with Crippen LogP contribution in [0.4, 0.5) is 5.69 Å². The van der Waals surface area contributed by atoms with Crippen LogP contribution in [0.5, 0.6) is 5.75 Å². The third-order valence-corrected chi connectivity index (χ3v) is 8.28. The van der Waals surface area contributed by atoms with Crippen LogP contribution in [0.25, 0.3) is 22.3 Å². The van der Waals surface area contributed by atoms with Gasteiger partial charge in [-0.25, -0.2) is 0 Å². The van der Waals surface area contributed by atoms with Crippen molar-refractivity contribution < 1.29 is 9.47 Å². The van der Waals surface area contributed by atoms with Crippen molar-refractivity contribution in [3.8, 4) is 28.0 Å². The Morgan fingerprint density at radius 2 is 1.39 bits per heavy atom. The molecule has 6 rings (SSSR count). The molecule has 4 aromatic rings. The second-order valence-electron chi connectivity index (χ2n) is 9.39. The Morgan fingerprint density at radius 3 is 2.06 bits per heavy atom. The van der Waals surface area contributed by atoms with E-state index in [0.717, 1.165) is 46.3 Å². The van der Waals surface area contributed by atoms with E-state index in [2.05, 4.69) is 110 Å². The van der Waals surface area contributed by atoms with Crippen LogP contribution >= 0.6 is 31.9 Å². The average Bonchev–Trinajstić information content (AvgIpc) is 3.31. The van der Waals surface area contributed by atoms with E-state index in [1.54, 1.807) is 7.11 Å². The van der Waals surface area contributed by atoms with E-state index in [1.807, 2.05) is 0 Å². The first-order chi connectivity index (χ1) is 17.6. The lowest BCUT2D eigenvalue weighted by atomic mass is 9.81. The molecule has 0 fully saturated rings. The van der Waals surface area contributed by atoms with E-state index in [-0.39, 0.29) is 0 Å². The summed E-state index contributed by atoms with van der Waals surface area (Å²) in [6, 6.07) is 26.0. The first kappa shape index (κ1) is 23.8. The number of nitrogens with zero attached hydrogens (tertiary/aromatic N) is 1. The molecular weight excluding hydrogens is 578 g/mol. The molecule has 0 aromatic heterocycles. The highest BCUT2D eigenvalue weighted by Crippen LogP contribution is 2.47. The normalized spacial score (nSPS) is 14.4. The molecule has 4 aromatic carbocycles. The molecule has 0 saturated heterocycles. The van der Waals surface area contributed by atoms with Crippen LogP contribution in [0.1, 0.15) is 28.7 Å². The van der Waals surface area contributed by atoms with Crippen LogP contribution < -0.4 is 9.64 Å². The number of anilines is 1. The van der Waals surface area contributed by atoms with E-state index >= 15 is 0 Å². The van der Waals surface area contributed by atoms with Gasteiger partial charge in [-0.3, -0.25) is 0 Å². The van der Waals surface area contributed by atoms with Crippen molar-refractivity contribution in [3.05, 3.63) is 104 Å². The Morgan fingerprint density at radius 1 is 0.778 bits per heavy atom. The maximum absolute atomic E-state index is 6.31. The van der Waals surface area contributed by atoms with E-state index < -0.39 is 0 Å². The zero-order valence-corrected chi connectivity index (χ0v) is 23.4. The Kier molecular flexibility index (Phi) is 6.63. The molecule has 36 heavy (non-hydrogen) atoms. The minimum absolute atomic E-state index is 0.578. The zero-order valence-electron chi connectivity index (χ0n) is 20.2. The third-order valence-electron chi connectivity index (χ3n) is 7.22. The topological polar surface area (TPSA) is 21.7 Å². The van der Waals surface area contributed by atoms with Crippen molar-refractivity contribution in [3.63, 3.8) is 0 Å². The van der Waals surface area contributed by atoms with Crippen molar-refractivity contribution in [2.45, 2.75) is 32.5 Å². The standard InChI is InChI=1S/C31H27Br2NO2/c1-35-19-27-24-5-4-16-36-29-7-3-2-6-28(29)34-17-25(30(24)20-8-12-22(32)13-9-20)26(18-34)31(27)21-10-14-23(33)15-11-21/h2-3,6-15H,4-5,16-19H2,1H3. The predicted molar refractivity (Wildman–Crippen MR) is 154 cm³/mol. The highest BCUT2D eigenvalue weighted by molar-refractivity contribution is 9.10. The van der Waals surface area contributed by atoms with Gasteiger partial charge in [-0.05, 0) is 93.7 Å². The quantitative estimate of drug-likeness (QED) is 0.233. The number of methoxy groups -OCH3 is 1.